The lowest BCUT2D eigenvalue weighted by atomic mass is 9.79. The monoisotopic (exact) mass is 188 g/mol. The Labute approximate surface area is 82.4 Å². The highest BCUT2D eigenvalue weighted by molar-refractivity contribution is 6.62. The molecule has 4 heteroatoms. The lowest BCUT2D eigenvalue weighted by molar-refractivity contribution is 0.431. The minimum Gasteiger partial charge on any atom is -0.520 e. The number of benzene rings is 1. The second kappa shape index (κ2) is 3.14. The van der Waals surface area contributed by atoms with Crippen LogP contribution in [0.5, 0.6) is 5.75 Å². The van der Waals surface area contributed by atoms with Crippen LogP contribution in [0.1, 0.15) is 0 Å². The van der Waals surface area contributed by atoms with E-state index in [0.717, 1.165) is 5.46 Å². The van der Waals surface area contributed by atoms with E-state index in [9.17, 15) is 0 Å². The van der Waals surface area contributed by atoms with Crippen molar-refractivity contribution in [3.8, 4) is 5.75 Å². The van der Waals surface area contributed by atoms with E-state index in [1.54, 1.807) is 24.3 Å². The number of phenolic OH excluding ortho intramolecular Hbond substituents is 1. The standard InChI is InChI=1S/C10H9BO3/c1-7-8(2)14-11(13-7)9-3-5-10(12)6-4-9/h3-6,12H,1-2H2. The molecule has 0 unspecified atom stereocenters. The second-order valence-corrected chi connectivity index (χ2v) is 3.01. The molecule has 14 heavy (non-hydrogen) atoms. The first kappa shape index (κ1) is 8.75. The predicted molar refractivity (Wildman–Crippen MR) is 53.9 cm³/mol. The van der Waals surface area contributed by atoms with Crippen LogP contribution >= 0.6 is 0 Å². The Bertz CT molecular complexity index is 367. The van der Waals surface area contributed by atoms with E-state index in [1.165, 1.54) is 0 Å². The Kier molecular flexibility index (Phi) is 1.96. The fourth-order valence-electron chi connectivity index (χ4n) is 1.18. The van der Waals surface area contributed by atoms with E-state index < -0.39 is 7.12 Å². The van der Waals surface area contributed by atoms with Gasteiger partial charge in [-0.05, 0) is 12.1 Å². The summed E-state index contributed by atoms with van der Waals surface area (Å²) in [6.45, 7) is 7.26. The zero-order chi connectivity index (χ0) is 10.1. The molecule has 1 aliphatic rings. The Morgan fingerprint density at radius 2 is 1.50 bits per heavy atom. The van der Waals surface area contributed by atoms with Crippen molar-refractivity contribution in [3.63, 3.8) is 0 Å². The van der Waals surface area contributed by atoms with Crippen molar-refractivity contribution in [2.45, 2.75) is 0 Å². The maximum atomic E-state index is 9.09. The molecule has 1 saturated heterocycles. The number of hydrogen-bond acceptors (Lipinski definition) is 3. The summed E-state index contributed by atoms with van der Waals surface area (Å²) in [6, 6.07) is 6.61. The SMILES string of the molecule is C=C1OB(c2ccc(O)cc2)OC1=C. The molecule has 0 atom stereocenters. The predicted octanol–water partition coefficient (Wildman–Crippen LogP) is 1.16. The molecule has 0 aliphatic carbocycles. The molecule has 1 aromatic carbocycles. The van der Waals surface area contributed by atoms with Gasteiger partial charge in [-0.2, -0.15) is 0 Å². The van der Waals surface area contributed by atoms with Crippen molar-refractivity contribution in [1.82, 2.24) is 0 Å². The number of rotatable bonds is 1. The van der Waals surface area contributed by atoms with Gasteiger partial charge in [-0.25, -0.2) is 0 Å². The van der Waals surface area contributed by atoms with Crippen molar-refractivity contribution in [2.75, 3.05) is 0 Å². The van der Waals surface area contributed by atoms with Gasteiger partial charge in [-0.3, -0.25) is 0 Å². The summed E-state index contributed by atoms with van der Waals surface area (Å²) in [5.74, 6) is 1.11. The van der Waals surface area contributed by atoms with E-state index in [4.69, 9.17) is 14.4 Å². The third-order valence-electron chi connectivity index (χ3n) is 1.97. The van der Waals surface area contributed by atoms with Gasteiger partial charge in [0.2, 0.25) is 0 Å². The third-order valence-corrected chi connectivity index (χ3v) is 1.97. The molecule has 0 saturated carbocycles. The van der Waals surface area contributed by atoms with Gasteiger partial charge in [0.25, 0.3) is 0 Å². The molecule has 0 radical (unpaired) electrons. The smallest absolute Gasteiger partial charge is 0.520 e. The average Bonchev–Trinajstić information content (AvgIpc) is 2.48. The molecule has 3 nitrogen and oxygen atoms in total. The van der Waals surface area contributed by atoms with Gasteiger partial charge in [0.1, 0.15) is 17.3 Å². The van der Waals surface area contributed by atoms with E-state index >= 15 is 0 Å². The molecular formula is C10H9BO3. The largest absolute Gasteiger partial charge is 0.632 e. The molecule has 0 bridgehead atoms. The second-order valence-electron chi connectivity index (χ2n) is 3.01. The molecule has 70 valence electrons. The Morgan fingerprint density at radius 3 is 2.00 bits per heavy atom. The Hall–Kier alpha value is -1.84. The molecule has 2 rings (SSSR count). The Balaban J connectivity index is 2.21. The zero-order valence-electron chi connectivity index (χ0n) is 7.56. The van der Waals surface area contributed by atoms with Crippen LogP contribution in [0.15, 0.2) is 48.9 Å². The van der Waals surface area contributed by atoms with Gasteiger partial charge in [0.15, 0.2) is 0 Å². The van der Waals surface area contributed by atoms with E-state index in [-0.39, 0.29) is 5.75 Å². The van der Waals surface area contributed by atoms with Crippen LogP contribution in [0.2, 0.25) is 0 Å². The molecular weight excluding hydrogens is 179 g/mol. The van der Waals surface area contributed by atoms with Gasteiger partial charge in [-0.15, -0.1) is 0 Å². The molecule has 1 N–H and O–H groups in total. The highest BCUT2D eigenvalue weighted by Gasteiger charge is 2.34. The first-order valence-electron chi connectivity index (χ1n) is 4.17. The lowest BCUT2D eigenvalue weighted by Crippen LogP contribution is -2.30. The van der Waals surface area contributed by atoms with Crippen molar-refractivity contribution in [1.29, 1.82) is 0 Å². The number of hydrogen-bond donors (Lipinski definition) is 1. The van der Waals surface area contributed by atoms with E-state index in [0.29, 0.717) is 11.5 Å². The highest BCUT2D eigenvalue weighted by Crippen LogP contribution is 2.20. The topological polar surface area (TPSA) is 38.7 Å². The van der Waals surface area contributed by atoms with Crippen LogP contribution in [0.4, 0.5) is 0 Å². The van der Waals surface area contributed by atoms with Crippen molar-refractivity contribution in [2.24, 2.45) is 0 Å². The Morgan fingerprint density at radius 1 is 1.00 bits per heavy atom. The molecule has 1 heterocycles. The first-order valence-corrected chi connectivity index (χ1v) is 4.17. The normalized spacial score (nSPS) is 15.3. The first-order chi connectivity index (χ1) is 6.66. The third kappa shape index (κ3) is 1.46. The molecule has 1 fully saturated rings. The van der Waals surface area contributed by atoms with Crippen LogP contribution < -0.4 is 5.46 Å². The molecule has 0 spiro atoms. The summed E-state index contributed by atoms with van der Waals surface area (Å²) in [5, 5.41) is 9.09. The van der Waals surface area contributed by atoms with Gasteiger partial charge < -0.3 is 14.4 Å². The minimum atomic E-state index is -0.490. The van der Waals surface area contributed by atoms with E-state index in [1.807, 2.05) is 0 Å². The van der Waals surface area contributed by atoms with Crippen LogP contribution in [0.25, 0.3) is 0 Å². The maximum absolute atomic E-state index is 9.09. The molecule has 1 aromatic rings. The molecule has 0 aromatic heterocycles. The fraction of sp³-hybridized carbons (Fsp3) is 0. The van der Waals surface area contributed by atoms with Crippen LogP contribution in [0.3, 0.4) is 0 Å². The van der Waals surface area contributed by atoms with Gasteiger partial charge in [0.05, 0.1) is 0 Å². The summed E-state index contributed by atoms with van der Waals surface area (Å²) in [6.07, 6.45) is 0. The van der Waals surface area contributed by atoms with E-state index in [2.05, 4.69) is 13.2 Å². The fourth-order valence-corrected chi connectivity index (χ4v) is 1.18. The van der Waals surface area contributed by atoms with Crippen molar-refractivity contribution >= 4 is 12.6 Å². The van der Waals surface area contributed by atoms with Crippen molar-refractivity contribution in [3.05, 3.63) is 48.9 Å². The van der Waals surface area contributed by atoms with Crippen molar-refractivity contribution < 1.29 is 14.4 Å². The van der Waals surface area contributed by atoms with Crippen LogP contribution in [-0.2, 0) is 9.31 Å². The van der Waals surface area contributed by atoms with Gasteiger partial charge in [0, 0.05) is 5.46 Å². The summed E-state index contributed by atoms with van der Waals surface area (Å²) in [5.41, 5.74) is 0.822. The summed E-state index contributed by atoms with van der Waals surface area (Å²) >= 11 is 0. The number of phenols is 1. The quantitative estimate of drug-likeness (QED) is 0.672. The average molecular weight is 188 g/mol. The van der Waals surface area contributed by atoms with Gasteiger partial charge >= 0.3 is 7.12 Å². The highest BCUT2D eigenvalue weighted by atomic mass is 16.6. The number of aromatic hydroxyl groups is 1. The summed E-state index contributed by atoms with van der Waals surface area (Å²) < 4.78 is 10.6. The zero-order valence-corrected chi connectivity index (χ0v) is 7.56. The summed E-state index contributed by atoms with van der Waals surface area (Å²) in [4.78, 5) is 0. The summed E-state index contributed by atoms with van der Waals surface area (Å²) in [7, 11) is -0.490. The van der Waals surface area contributed by atoms with Gasteiger partial charge in [-0.1, -0.05) is 25.3 Å². The maximum Gasteiger partial charge on any atom is 0.632 e. The molecule has 0 amide bonds. The van der Waals surface area contributed by atoms with Crippen LogP contribution in [0, 0.1) is 0 Å². The molecule has 1 aliphatic heterocycles. The lowest BCUT2D eigenvalue weighted by Gasteiger charge is -2.03. The van der Waals surface area contributed by atoms with Crippen LogP contribution in [-0.4, -0.2) is 12.2 Å². The minimum absolute atomic E-state index is 0.212.